The Kier molecular flexibility index (Phi) is 10.3. The number of aliphatic imine (C=N–C) groups is 1. The van der Waals surface area contributed by atoms with Crippen LogP contribution in [0.15, 0.2) is 46.1 Å². The Labute approximate surface area is 190 Å². The monoisotopic (exact) mass is 513 g/mol. The molecular weight excluding hydrogens is 481 g/mol. The fraction of sp³-hybridized carbons (Fsp3) is 0.524. The third kappa shape index (κ3) is 7.18. The number of ether oxygens (including phenoxy) is 1. The van der Waals surface area contributed by atoms with E-state index in [-0.39, 0.29) is 24.0 Å². The zero-order valence-corrected chi connectivity index (χ0v) is 19.7. The molecule has 2 heterocycles. The van der Waals surface area contributed by atoms with E-state index in [0.717, 1.165) is 69.6 Å². The maximum absolute atomic E-state index is 5.72. The molecule has 0 atom stereocenters. The Hall–Kier alpha value is -1.81. The molecule has 1 saturated heterocycles. The fourth-order valence-electron chi connectivity index (χ4n) is 3.38. The second-order valence-corrected chi connectivity index (χ2v) is 6.78. The van der Waals surface area contributed by atoms with Crippen LogP contribution in [0.2, 0.25) is 0 Å². The highest BCUT2D eigenvalue weighted by Gasteiger charge is 2.20. The lowest BCUT2D eigenvalue weighted by molar-refractivity contribution is 0.169. The number of piperazine rings is 1. The van der Waals surface area contributed by atoms with E-state index in [1.807, 2.05) is 25.1 Å². The van der Waals surface area contributed by atoms with Crippen LogP contribution in [-0.2, 0) is 13.0 Å². The molecule has 2 aromatic rings. The summed E-state index contributed by atoms with van der Waals surface area (Å²) in [5.74, 6) is 1.96. The van der Waals surface area contributed by atoms with Crippen LogP contribution in [-0.4, -0.2) is 66.8 Å². The summed E-state index contributed by atoms with van der Waals surface area (Å²) in [4.78, 5) is 9.61. The van der Waals surface area contributed by atoms with Crippen molar-refractivity contribution in [1.82, 2.24) is 20.3 Å². The van der Waals surface area contributed by atoms with Crippen LogP contribution >= 0.6 is 24.0 Å². The van der Waals surface area contributed by atoms with Gasteiger partial charge in [-0.2, -0.15) is 0 Å². The number of rotatable bonds is 8. The lowest BCUT2D eigenvalue weighted by Gasteiger charge is -2.36. The summed E-state index contributed by atoms with van der Waals surface area (Å²) < 4.78 is 10.6. The van der Waals surface area contributed by atoms with Gasteiger partial charge in [0.15, 0.2) is 5.96 Å². The average molecular weight is 513 g/mol. The molecule has 0 amide bonds. The van der Waals surface area contributed by atoms with Crippen molar-refractivity contribution in [2.45, 2.75) is 26.8 Å². The summed E-state index contributed by atoms with van der Waals surface area (Å²) in [5.41, 5.74) is 2.20. The molecule has 8 heteroatoms. The Morgan fingerprint density at radius 3 is 2.66 bits per heavy atom. The standard InChI is InChI=1S/C21H31N5O2.HI/c1-3-22-21(23-11-9-18-7-5-6-8-20(18)27-4-2)26-14-12-25(13-15-26)17-19-10-16-28-24-19;/h5-8,10,16H,3-4,9,11-15,17H2,1-2H3,(H,22,23);1H. The van der Waals surface area contributed by atoms with Gasteiger partial charge in [0.2, 0.25) is 0 Å². The van der Waals surface area contributed by atoms with Gasteiger partial charge in [-0.1, -0.05) is 23.4 Å². The smallest absolute Gasteiger partial charge is 0.194 e. The molecular formula is C21H32IN5O2. The van der Waals surface area contributed by atoms with Gasteiger partial charge >= 0.3 is 0 Å². The molecule has 1 N–H and O–H groups in total. The molecule has 0 saturated carbocycles. The molecule has 0 bridgehead atoms. The van der Waals surface area contributed by atoms with Crippen LogP contribution in [0.3, 0.4) is 0 Å². The van der Waals surface area contributed by atoms with E-state index in [4.69, 9.17) is 14.3 Å². The van der Waals surface area contributed by atoms with Crippen molar-refractivity contribution in [3.63, 3.8) is 0 Å². The molecule has 160 valence electrons. The Morgan fingerprint density at radius 1 is 1.17 bits per heavy atom. The minimum atomic E-state index is 0. The van der Waals surface area contributed by atoms with Gasteiger partial charge in [-0.3, -0.25) is 9.89 Å². The number of nitrogens with one attached hydrogen (secondary N) is 1. The first-order valence-corrected chi connectivity index (χ1v) is 10.2. The predicted molar refractivity (Wildman–Crippen MR) is 126 cm³/mol. The maximum Gasteiger partial charge on any atom is 0.194 e. The van der Waals surface area contributed by atoms with Crippen LogP contribution in [0, 0.1) is 0 Å². The highest BCUT2D eigenvalue weighted by molar-refractivity contribution is 14.0. The molecule has 1 fully saturated rings. The van der Waals surface area contributed by atoms with Gasteiger partial charge in [0.25, 0.3) is 0 Å². The number of halogens is 1. The normalized spacial score (nSPS) is 15.1. The lowest BCUT2D eigenvalue weighted by atomic mass is 10.1. The van der Waals surface area contributed by atoms with Crippen LogP contribution in [0.4, 0.5) is 0 Å². The fourth-order valence-corrected chi connectivity index (χ4v) is 3.38. The Bertz CT molecular complexity index is 730. The third-order valence-electron chi connectivity index (χ3n) is 4.80. The van der Waals surface area contributed by atoms with E-state index in [0.29, 0.717) is 6.61 Å². The summed E-state index contributed by atoms with van der Waals surface area (Å²) in [6, 6.07) is 10.1. The molecule has 0 radical (unpaired) electrons. The summed E-state index contributed by atoms with van der Waals surface area (Å²) >= 11 is 0. The van der Waals surface area contributed by atoms with E-state index in [1.165, 1.54) is 5.56 Å². The number of aromatic nitrogens is 1. The van der Waals surface area contributed by atoms with Gasteiger partial charge in [-0.15, -0.1) is 24.0 Å². The first-order chi connectivity index (χ1) is 13.8. The number of nitrogens with zero attached hydrogens (tertiary/aromatic N) is 4. The number of hydrogen-bond acceptors (Lipinski definition) is 5. The summed E-state index contributed by atoms with van der Waals surface area (Å²) in [5, 5.41) is 7.44. The zero-order valence-electron chi connectivity index (χ0n) is 17.3. The average Bonchev–Trinajstić information content (AvgIpc) is 3.22. The van der Waals surface area contributed by atoms with Gasteiger partial charge in [-0.05, 0) is 31.9 Å². The molecule has 1 aliphatic rings. The molecule has 29 heavy (non-hydrogen) atoms. The summed E-state index contributed by atoms with van der Waals surface area (Å²) in [6.07, 6.45) is 2.50. The van der Waals surface area contributed by atoms with Crippen LogP contribution in [0.5, 0.6) is 5.75 Å². The Morgan fingerprint density at radius 2 is 1.97 bits per heavy atom. The summed E-state index contributed by atoms with van der Waals surface area (Å²) in [6.45, 7) is 11.2. The SMILES string of the molecule is CCNC(=NCCc1ccccc1OCC)N1CCN(Cc2ccon2)CC1.I. The number of para-hydroxylation sites is 1. The van der Waals surface area contributed by atoms with Crippen molar-refractivity contribution in [2.75, 3.05) is 45.9 Å². The quantitative estimate of drug-likeness (QED) is 0.333. The van der Waals surface area contributed by atoms with Crippen LogP contribution in [0.25, 0.3) is 0 Å². The lowest BCUT2D eigenvalue weighted by Crippen LogP contribution is -2.52. The van der Waals surface area contributed by atoms with E-state index >= 15 is 0 Å². The first-order valence-electron chi connectivity index (χ1n) is 10.2. The largest absolute Gasteiger partial charge is 0.494 e. The van der Waals surface area contributed by atoms with Crippen LogP contribution in [0.1, 0.15) is 25.1 Å². The zero-order chi connectivity index (χ0) is 19.6. The molecule has 1 aromatic heterocycles. The van der Waals surface area contributed by atoms with Gasteiger partial charge in [0, 0.05) is 51.9 Å². The van der Waals surface area contributed by atoms with Gasteiger partial charge in [0.05, 0.1) is 12.3 Å². The third-order valence-corrected chi connectivity index (χ3v) is 4.80. The second-order valence-electron chi connectivity index (χ2n) is 6.78. The predicted octanol–water partition coefficient (Wildman–Crippen LogP) is 3.02. The minimum Gasteiger partial charge on any atom is -0.494 e. The van der Waals surface area contributed by atoms with Crippen molar-refractivity contribution < 1.29 is 9.26 Å². The molecule has 7 nitrogen and oxygen atoms in total. The molecule has 0 spiro atoms. The first kappa shape index (κ1) is 23.5. The summed E-state index contributed by atoms with van der Waals surface area (Å²) in [7, 11) is 0. The van der Waals surface area contributed by atoms with Gasteiger partial charge in [0.1, 0.15) is 12.0 Å². The number of guanidine groups is 1. The highest BCUT2D eigenvalue weighted by Crippen LogP contribution is 2.18. The Balaban J connectivity index is 0.00000300. The van der Waals surface area contributed by atoms with E-state index in [9.17, 15) is 0 Å². The van der Waals surface area contributed by atoms with Crippen molar-refractivity contribution in [3.8, 4) is 5.75 Å². The van der Waals surface area contributed by atoms with Gasteiger partial charge in [-0.25, -0.2) is 0 Å². The van der Waals surface area contributed by atoms with Gasteiger partial charge < -0.3 is 19.5 Å². The van der Waals surface area contributed by atoms with Crippen molar-refractivity contribution in [2.24, 2.45) is 4.99 Å². The second kappa shape index (κ2) is 12.7. The molecule has 0 aliphatic carbocycles. The van der Waals surface area contributed by atoms with E-state index < -0.39 is 0 Å². The minimum absolute atomic E-state index is 0. The molecule has 3 rings (SSSR count). The van der Waals surface area contributed by atoms with Crippen molar-refractivity contribution >= 4 is 29.9 Å². The van der Waals surface area contributed by atoms with Crippen molar-refractivity contribution in [1.29, 1.82) is 0 Å². The highest BCUT2D eigenvalue weighted by atomic mass is 127. The number of hydrogen-bond donors (Lipinski definition) is 1. The topological polar surface area (TPSA) is 66.1 Å². The van der Waals surface area contributed by atoms with Crippen LogP contribution < -0.4 is 10.1 Å². The van der Waals surface area contributed by atoms with E-state index in [2.05, 4.69) is 39.3 Å². The maximum atomic E-state index is 5.72. The molecule has 0 unspecified atom stereocenters. The van der Waals surface area contributed by atoms with Crippen molar-refractivity contribution in [3.05, 3.63) is 47.9 Å². The van der Waals surface area contributed by atoms with E-state index in [1.54, 1.807) is 6.26 Å². The molecule has 1 aromatic carbocycles. The number of benzene rings is 1. The molecule has 1 aliphatic heterocycles.